The zero-order valence-corrected chi connectivity index (χ0v) is 5.67. The fourth-order valence-corrected chi connectivity index (χ4v) is 0.987. The number of hydrogen-bond donors (Lipinski definition) is 2. The first-order valence-electron chi connectivity index (χ1n) is 3.42. The van der Waals surface area contributed by atoms with Crippen molar-refractivity contribution in [3.63, 3.8) is 0 Å². The van der Waals surface area contributed by atoms with Gasteiger partial charge in [0.25, 0.3) is 0 Å². The number of hydrogen-bond acceptors (Lipinski definition) is 3. The summed E-state index contributed by atoms with van der Waals surface area (Å²) in [6, 6.07) is 0. The molecule has 0 unspecified atom stereocenters. The minimum absolute atomic E-state index is 0.0412. The van der Waals surface area contributed by atoms with Crippen molar-refractivity contribution in [2.24, 2.45) is 5.73 Å². The Kier molecular flexibility index (Phi) is 1.05. The van der Waals surface area contributed by atoms with E-state index in [1.165, 1.54) is 6.33 Å². The molecule has 0 spiro atoms. The van der Waals surface area contributed by atoms with Crippen molar-refractivity contribution < 1.29 is 0 Å². The van der Waals surface area contributed by atoms with E-state index in [0.717, 1.165) is 25.1 Å². The van der Waals surface area contributed by atoms with Crippen molar-refractivity contribution in [3.8, 4) is 0 Å². The first-order chi connectivity index (χ1) is 4.79. The molecule has 10 heavy (non-hydrogen) atoms. The van der Waals surface area contributed by atoms with Crippen molar-refractivity contribution >= 4 is 0 Å². The minimum atomic E-state index is 0.0412. The van der Waals surface area contributed by atoms with Crippen LogP contribution in [0.2, 0.25) is 0 Å². The highest BCUT2D eigenvalue weighted by Gasteiger charge is 2.38. The summed E-state index contributed by atoms with van der Waals surface area (Å²) in [6.45, 7) is 0. The molecule has 0 atom stereocenters. The summed E-state index contributed by atoms with van der Waals surface area (Å²) < 4.78 is 0. The van der Waals surface area contributed by atoms with Gasteiger partial charge in [-0.1, -0.05) is 0 Å². The molecular weight excluding hydrogens is 128 g/mol. The van der Waals surface area contributed by atoms with E-state index >= 15 is 0 Å². The molecule has 0 aliphatic heterocycles. The smallest absolute Gasteiger partial charge is 0.137 e. The van der Waals surface area contributed by atoms with Gasteiger partial charge in [-0.15, -0.1) is 0 Å². The summed E-state index contributed by atoms with van der Waals surface area (Å²) in [6.07, 6.45) is 4.59. The molecule has 1 fully saturated rings. The molecule has 1 saturated carbocycles. The van der Waals surface area contributed by atoms with E-state index in [-0.39, 0.29) is 5.54 Å². The van der Waals surface area contributed by atoms with Gasteiger partial charge in [-0.05, 0) is 12.8 Å². The SMILES string of the molecule is NC1(Cc2ncn[nH]2)CC1. The molecule has 4 nitrogen and oxygen atoms in total. The summed E-state index contributed by atoms with van der Waals surface area (Å²) in [7, 11) is 0. The molecule has 0 amide bonds. The second kappa shape index (κ2) is 1.79. The fourth-order valence-electron chi connectivity index (χ4n) is 0.987. The number of rotatable bonds is 2. The molecule has 1 heterocycles. The Bertz CT molecular complexity index is 212. The molecule has 2 rings (SSSR count). The van der Waals surface area contributed by atoms with Crippen molar-refractivity contribution in [3.05, 3.63) is 12.2 Å². The Labute approximate surface area is 58.8 Å². The lowest BCUT2D eigenvalue weighted by Gasteiger charge is -2.02. The monoisotopic (exact) mass is 138 g/mol. The number of H-pyrrole nitrogens is 1. The molecule has 1 aromatic heterocycles. The van der Waals surface area contributed by atoms with E-state index in [9.17, 15) is 0 Å². The van der Waals surface area contributed by atoms with Gasteiger partial charge in [0, 0.05) is 12.0 Å². The summed E-state index contributed by atoms with van der Waals surface area (Å²) in [5.74, 6) is 0.903. The molecule has 3 N–H and O–H groups in total. The molecule has 0 saturated heterocycles. The number of nitrogens with zero attached hydrogens (tertiary/aromatic N) is 2. The normalized spacial score (nSPS) is 20.9. The molecule has 1 aromatic rings. The van der Waals surface area contributed by atoms with Crippen molar-refractivity contribution in [1.29, 1.82) is 0 Å². The van der Waals surface area contributed by atoms with E-state index in [1.807, 2.05) is 0 Å². The van der Waals surface area contributed by atoms with Crippen LogP contribution in [0.3, 0.4) is 0 Å². The highest BCUT2D eigenvalue weighted by Crippen LogP contribution is 2.34. The molecule has 0 radical (unpaired) electrons. The number of aromatic amines is 1. The number of nitrogens with one attached hydrogen (secondary N) is 1. The number of aromatic nitrogens is 3. The first-order valence-corrected chi connectivity index (χ1v) is 3.42. The molecule has 54 valence electrons. The van der Waals surface area contributed by atoms with Gasteiger partial charge in [0.1, 0.15) is 12.2 Å². The van der Waals surface area contributed by atoms with Gasteiger partial charge in [0.2, 0.25) is 0 Å². The Morgan fingerprint density at radius 2 is 2.50 bits per heavy atom. The highest BCUT2D eigenvalue weighted by molar-refractivity contribution is 5.05. The third-order valence-electron chi connectivity index (χ3n) is 1.88. The zero-order valence-electron chi connectivity index (χ0n) is 5.67. The molecule has 0 aromatic carbocycles. The molecule has 4 heteroatoms. The van der Waals surface area contributed by atoms with Crippen LogP contribution in [0.5, 0.6) is 0 Å². The summed E-state index contributed by atoms with van der Waals surface area (Å²) in [5, 5.41) is 6.54. The van der Waals surface area contributed by atoms with Crippen molar-refractivity contribution in [2.75, 3.05) is 0 Å². The minimum Gasteiger partial charge on any atom is -0.325 e. The Morgan fingerprint density at radius 1 is 1.70 bits per heavy atom. The first kappa shape index (κ1) is 5.85. The van der Waals surface area contributed by atoms with Crippen LogP contribution in [0, 0.1) is 0 Å². The summed E-state index contributed by atoms with van der Waals surface area (Å²) >= 11 is 0. The topological polar surface area (TPSA) is 67.6 Å². The van der Waals surface area contributed by atoms with Gasteiger partial charge in [0.15, 0.2) is 0 Å². The van der Waals surface area contributed by atoms with Gasteiger partial charge in [-0.3, -0.25) is 5.10 Å². The van der Waals surface area contributed by atoms with Crippen molar-refractivity contribution in [2.45, 2.75) is 24.8 Å². The second-order valence-corrected chi connectivity index (χ2v) is 2.97. The summed E-state index contributed by atoms with van der Waals surface area (Å²) in [4.78, 5) is 3.99. The molecule has 1 aliphatic rings. The quantitative estimate of drug-likeness (QED) is 0.596. The molecule has 0 bridgehead atoms. The van der Waals surface area contributed by atoms with E-state index in [0.29, 0.717) is 0 Å². The lowest BCUT2D eigenvalue weighted by atomic mass is 10.2. The highest BCUT2D eigenvalue weighted by atomic mass is 15.2. The van der Waals surface area contributed by atoms with Crippen LogP contribution in [-0.2, 0) is 6.42 Å². The van der Waals surface area contributed by atoms with E-state index in [4.69, 9.17) is 5.73 Å². The predicted molar refractivity (Wildman–Crippen MR) is 36.2 cm³/mol. The largest absolute Gasteiger partial charge is 0.325 e. The van der Waals surface area contributed by atoms with Gasteiger partial charge in [0.05, 0.1) is 0 Å². The lowest BCUT2D eigenvalue weighted by molar-refractivity contribution is 0.646. The maximum atomic E-state index is 5.85. The summed E-state index contributed by atoms with van der Waals surface area (Å²) in [5.41, 5.74) is 5.89. The zero-order chi connectivity index (χ0) is 7.03. The third-order valence-corrected chi connectivity index (χ3v) is 1.88. The molecular formula is C6H10N4. The van der Waals surface area contributed by atoms with Crippen LogP contribution in [-0.4, -0.2) is 20.7 Å². The Hall–Kier alpha value is -0.900. The average molecular weight is 138 g/mol. The van der Waals surface area contributed by atoms with Gasteiger partial charge in [-0.2, -0.15) is 5.10 Å². The van der Waals surface area contributed by atoms with Crippen LogP contribution < -0.4 is 5.73 Å². The van der Waals surface area contributed by atoms with E-state index in [2.05, 4.69) is 15.2 Å². The van der Waals surface area contributed by atoms with E-state index in [1.54, 1.807) is 0 Å². The maximum absolute atomic E-state index is 5.85. The average Bonchev–Trinajstić information content (AvgIpc) is 2.47. The van der Waals surface area contributed by atoms with Gasteiger partial charge >= 0.3 is 0 Å². The van der Waals surface area contributed by atoms with Crippen LogP contribution in [0.25, 0.3) is 0 Å². The third kappa shape index (κ3) is 1.02. The second-order valence-electron chi connectivity index (χ2n) is 2.97. The van der Waals surface area contributed by atoms with Crippen LogP contribution in [0.1, 0.15) is 18.7 Å². The van der Waals surface area contributed by atoms with Crippen LogP contribution >= 0.6 is 0 Å². The van der Waals surface area contributed by atoms with Crippen LogP contribution in [0.4, 0.5) is 0 Å². The van der Waals surface area contributed by atoms with Crippen molar-refractivity contribution in [1.82, 2.24) is 15.2 Å². The Morgan fingerprint density at radius 3 is 3.00 bits per heavy atom. The van der Waals surface area contributed by atoms with Gasteiger partial charge < -0.3 is 5.73 Å². The van der Waals surface area contributed by atoms with Crippen LogP contribution in [0.15, 0.2) is 6.33 Å². The maximum Gasteiger partial charge on any atom is 0.137 e. The predicted octanol–water partition coefficient (Wildman–Crippen LogP) is -0.162. The standard InChI is InChI=1S/C6H10N4/c7-6(1-2-6)3-5-8-4-9-10-5/h4H,1-3,7H2,(H,8,9,10). The molecule has 1 aliphatic carbocycles. The van der Waals surface area contributed by atoms with E-state index < -0.39 is 0 Å². The lowest BCUT2D eigenvalue weighted by Crippen LogP contribution is -2.25. The Balaban J connectivity index is 2.04. The van der Waals surface area contributed by atoms with Gasteiger partial charge in [-0.25, -0.2) is 4.98 Å². The fraction of sp³-hybridized carbons (Fsp3) is 0.667. The number of nitrogens with two attached hydrogens (primary N) is 1.